The van der Waals surface area contributed by atoms with E-state index in [9.17, 15) is 18.0 Å². The first kappa shape index (κ1) is 23.5. The van der Waals surface area contributed by atoms with Gasteiger partial charge in [-0.15, -0.1) is 0 Å². The minimum Gasteiger partial charge on any atom is -0.497 e. The maximum atomic E-state index is 13.6. The number of imide groups is 1. The van der Waals surface area contributed by atoms with Crippen LogP contribution >= 0.6 is 0 Å². The van der Waals surface area contributed by atoms with Crippen molar-refractivity contribution in [1.82, 2.24) is 4.31 Å². The highest BCUT2D eigenvalue weighted by Crippen LogP contribution is 2.32. The lowest BCUT2D eigenvalue weighted by atomic mass is 10.2. The van der Waals surface area contributed by atoms with Gasteiger partial charge in [-0.3, -0.25) is 9.59 Å². The van der Waals surface area contributed by atoms with Crippen molar-refractivity contribution in [3.63, 3.8) is 0 Å². The van der Waals surface area contributed by atoms with Crippen LogP contribution in [-0.4, -0.2) is 44.3 Å². The molecule has 1 aliphatic heterocycles. The molecule has 0 spiro atoms. The second kappa shape index (κ2) is 9.70. The number of anilines is 1. The summed E-state index contributed by atoms with van der Waals surface area (Å²) in [5, 5.41) is 0. The third kappa shape index (κ3) is 4.55. The largest absolute Gasteiger partial charge is 0.497 e. The van der Waals surface area contributed by atoms with Crippen molar-refractivity contribution in [3.8, 4) is 11.5 Å². The molecule has 1 unspecified atom stereocenters. The van der Waals surface area contributed by atoms with Crippen molar-refractivity contribution in [2.24, 2.45) is 0 Å². The monoisotopic (exact) mass is 484 g/mol. The molecule has 0 aliphatic carbocycles. The fraction of sp³-hybridized carbons (Fsp3) is 0.250. The van der Waals surface area contributed by atoms with Crippen LogP contribution in [0.5, 0.6) is 11.5 Å². The molecule has 1 atom stereocenters. The van der Waals surface area contributed by atoms with E-state index in [4.69, 9.17) is 13.9 Å². The maximum absolute atomic E-state index is 13.6. The Bertz CT molecular complexity index is 1250. The highest BCUT2D eigenvalue weighted by molar-refractivity contribution is 7.89. The van der Waals surface area contributed by atoms with Crippen molar-refractivity contribution in [1.29, 1.82) is 0 Å². The van der Waals surface area contributed by atoms with Crippen molar-refractivity contribution in [2.75, 3.05) is 18.6 Å². The first-order chi connectivity index (χ1) is 16.3. The topological polar surface area (TPSA) is 106 Å². The lowest BCUT2D eigenvalue weighted by molar-refractivity contribution is -0.122. The maximum Gasteiger partial charge on any atom is 0.252 e. The number of nitrogens with zero attached hydrogens (tertiary/aromatic N) is 2. The summed E-state index contributed by atoms with van der Waals surface area (Å²) in [4.78, 5) is 27.2. The molecule has 178 valence electrons. The Kier molecular flexibility index (Phi) is 6.71. The van der Waals surface area contributed by atoms with Gasteiger partial charge in [0.1, 0.15) is 23.3 Å². The molecule has 9 nitrogen and oxygen atoms in total. The molecule has 3 aromatic rings. The zero-order valence-electron chi connectivity index (χ0n) is 18.7. The highest BCUT2D eigenvalue weighted by Gasteiger charge is 2.47. The lowest BCUT2D eigenvalue weighted by Gasteiger charge is -2.26. The van der Waals surface area contributed by atoms with E-state index >= 15 is 0 Å². The molecule has 2 heterocycles. The van der Waals surface area contributed by atoms with Gasteiger partial charge < -0.3 is 13.9 Å². The quantitative estimate of drug-likeness (QED) is 0.429. The average molecular weight is 485 g/mol. The van der Waals surface area contributed by atoms with Crippen LogP contribution in [0.25, 0.3) is 0 Å². The summed E-state index contributed by atoms with van der Waals surface area (Å²) in [6.07, 6.45) is 1.13. The molecular weight excluding hydrogens is 460 g/mol. The van der Waals surface area contributed by atoms with Crippen LogP contribution in [0.3, 0.4) is 0 Å². The predicted molar refractivity (Wildman–Crippen MR) is 123 cm³/mol. The number of amides is 2. The fourth-order valence-corrected chi connectivity index (χ4v) is 5.32. The van der Waals surface area contributed by atoms with E-state index < -0.39 is 27.9 Å². The predicted octanol–water partition coefficient (Wildman–Crippen LogP) is 3.21. The minimum atomic E-state index is -4.16. The number of carbonyl (C=O) groups excluding carboxylic acids is 2. The smallest absolute Gasteiger partial charge is 0.252 e. The van der Waals surface area contributed by atoms with Gasteiger partial charge in [-0.1, -0.05) is 0 Å². The average Bonchev–Trinajstić information content (AvgIpc) is 3.45. The van der Waals surface area contributed by atoms with E-state index in [0.29, 0.717) is 29.6 Å². The molecular formula is C24H24N2O7S. The van der Waals surface area contributed by atoms with E-state index in [0.717, 1.165) is 9.21 Å². The fourth-order valence-electron chi connectivity index (χ4n) is 3.77. The molecule has 10 heteroatoms. The van der Waals surface area contributed by atoms with Crippen LogP contribution in [0.2, 0.25) is 0 Å². The van der Waals surface area contributed by atoms with Crippen LogP contribution in [0, 0.1) is 0 Å². The number of ether oxygens (including phenoxy) is 2. The van der Waals surface area contributed by atoms with Gasteiger partial charge in [0.15, 0.2) is 0 Å². The van der Waals surface area contributed by atoms with Gasteiger partial charge in [-0.2, -0.15) is 4.31 Å². The van der Waals surface area contributed by atoms with E-state index in [2.05, 4.69) is 0 Å². The number of carbonyl (C=O) groups is 2. The summed E-state index contributed by atoms with van der Waals surface area (Å²) in [7, 11) is -2.69. The van der Waals surface area contributed by atoms with Gasteiger partial charge in [-0.25, -0.2) is 13.3 Å². The van der Waals surface area contributed by atoms with E-state index in [1.54, 1.807) is 36.4 Å². The third-order valence-electron chi connectivity index (χ3n) is 5.43. The Morgan fingerprint density at radius 1 is 1.03 bits per heavy atom. The van der Waals surface area contributed by atoms with E-state index in [1.165, 1.54) is 37.6 Å². The Morgan fingerprint density at radius 3 is 2.29 bits per heavy atom. The van der Waals surface area contributed by atoms with Crippen LogP contribution in [-0.2, 0) is 26.2 Å². The van der Waals surface area contributed by atoms with Crippen LogP contribution in [0.1, 0.15) is 19.1 Å². The summed E-state index contributed by atoms with van der Waals surface area (Å²) in [5.74, 6) is 0.317. The normalized spacial score (nSPS) is 16.3. The molecule has 34 heavy (non-hydrogen) atoms. The van der Waals surface area contributed by atoms with Crippen molar-refractivity contribution >= 4 is 27.5 Å². The number of hydrogen-bond donors (Lipinski definition) is 0. The van der Waals surface area contributed by atoms with E-state index in [-0.39, 0.29) is 17.9 Å². The Morgan fingerprint density at radius 2 is 1.71 bits per heavy atom. The second-order valence-corrected chi connectivity index (χ2v) is 9.41. The molecule has 2 aromatic carbocycles. The van der Waals surface area contributed by atoms with Gasteiger partial charge in [0.25, 0.3) is 5.91 Å². The van der Waals surface area contributed by atoms with Crippen molar-refractivity contribution < 1.29 is 31.9 Å². The molecule has 1 aliphatic rings. The first-order valence-electron chi connectivity index (χ1n) is 10.6. The molecule has 1 saturated heterocycles. The molecule has 1 fully saturated rings. The summed E-state index contributed by atoms with van der Waals surface area (Å²) >= 11 is 0. The molecule has 4 rings (SSSR count). The molecule has 2 amide bonds. The second-order valence-electron chi connectivity index (χ2n) is 7.52. The third-order valence-corrected chi connectivity index (χ3v) is 7.30. The number of furan rings is 1. The summed E-state index contributed by atoms with van der Waals surface area (Å²) in [6, 6.07) is 14.3. The summed E-state index contributed by atoms with van der Waals surface area (Å²) < 4.78 is 44.1. The molecule has 0 N–H and O–H groups in total. The number of benzene rings is 2. The van der Waals surface area contributed by atoms with Crippen molar-refractivity contribution in [3.05, 3.63) is 72.7 Å². The van der Waals surface area contributed by atoms with Crippen molar-refractivity contribution in [2.45, 2.75) is 30.8 Å². The lowest BCUT2D eigenvalue weighted by Crippen LogP contribution is -2.45. The van der Waals surface area contributed by atoms with E-state index in [1.807, 2.05) is 6.92 Å². The Balaban J connectivity index is 1.68. The first-order valence-corrected chi connectivity index (χ1v) is 12.1. The van der Waals surface area contributed by atoms with Gasteiger partial charge in [0, 0.05) is 0 Å². The molecule has 0 radical (unpaired) electrons. The number of rotatable bonds is 9. The molecule has 1 aromatic heterocycles. The summed E-state index contributed by atoms with van der Waals surface area (Å²) in [6.45, 7) is 2.12. The molecule has 0 bridgehead atoms. The van der Waals surface area contributed by atoms with Gasteiger partial charge in [-0.05, 0) is 67.6 Å². The standard InChI is InChI=1S/C24H24N2O7S/c1-3-32-19-8-6-17(7-9-19)26-23(27)15-22(24(26)28)25(16-20-5-4-14-33-20)34(29,30)21-12-10-18(31-2)11-13-21/h4-14,22H,3,15-16H2,1-2H3. The van der Waals surface area contributed by atoms with Gasteiger partial charge >= 0.3 is 0 Å². The van der Waals surface area contributed by atoms with Crippen LogP contribution in [0.15, 0.2) is 76.2 Å². The minimum absolute atomic E-state index is 0.0281. The van der Waals surface area contributed by atoms with Crippen LogP contribution in [0.4, 0.5) is 5.69 Å². The Hall–Kier alpha value is -3.63. The zero-order chi connectivity index (χ0) is 24.3. The van der Waals surface area contributed by atoms with Gasteiger partial charge in [0.2, 0.25) is 15.9 Å². The highest BCUT2D eigenvalue weighted by atomic mass is 32.2. The SMILES string of the molecule is CCOc1ccc(N2C(=O)CC(N(Cc3ccco3)S(=O)(=O)c3ccc(OC)cc3)C2=O)cc1. The van der Waals surface area contributed by atoms with Gasteiger partial charge in [0.05, 0.1) is 43.5 Å². The summed E-state index contributed by atoms with van der Waals surface area (Å²) in [5.41, 5.74) is 0.348. The number of hydrogen-bond acceptors (Lipinski definition) is 7. The number of methoxy groups -OCH3 is 1. The Labute approximate surface area is 197 Å². The number of sulfonamides is 1. The van der Waals surface area contributed by atoms with Crippen LogP contribution < -0.4 is 14.4 Å². The zero-order valence-corrected chi connectivity index (χ0v) is 19.5. The molecule has 0 saturated carbocycles.